The standard InChI is InChI=1S/C16H16N4OS/c17-16-18-13-5-6-20(8-12(13)15(21)19-16)7-10-9-22-14-4-2-1-3-11(10)14/h1-4,9H,5-8H2,(H3,17,18,19,21). The van der Waals surface area contributed by atoms with Gasteiger partial charge in [0.25, 0.3) is 5.56 Å². The van der Waals surface area contributed by atoms with Crippen molar-refractivity contribution in [3.8, 4) is 0 Å². The number of aromatic nitrogens is 2. The molecule has 5 nitrogen and oxygen atoms in total. The van der Waals surface area contributed by atoms with Crippen LogP contribution in [0, 0.1) is 0 Å². The number of fused-ring (bicyclic) bond motifs is 2. The fourth-order valence-corrected chi connectivity index (χ4v) is 3.99. The fourth-order valence-electron chi connectivity index (χ4n) is 3.03. The van der Waals surface area contributed by atoms with Gasteiger partial charge in [0.15, 0.2) is 0 Å². The lowest BCUT2D eigenvalue weighted by atomic mass is 10.1. The summed E-state index contributed by atoms with van der Waals surface area (Å²) in [4.78, 5) is 21.2. The minimum Gasteiger partial charge on any atom is -0.369 e. The molecular formula is C16H16N4OS. The monoisotopic (exact) mass is 312 g/mol. The van der Waals surface area contributed by atoms with Crippen molar-refractivity contribution in [1.29, 1.82) is 0 Å². The van der Waals surface area contributed by atoms with Crippen LogP contribution in [-0.4, -0.2) is 21.4 Å². The molecule has 1 aliphatic rings. The zero-order valence-corrected chi connectivity index (χ0v) is 12.8. The van der Waals surface area contributed by atoms with Crippen LogP contribution in [0.4, 0.5) is 5.95 Å². The van der Waals surface area contributed by atoms with Crippen LogP contribution in [0.1, 0.15) is 16.8 Å². The van der Waals surface area contributed by atoms with Crippen molar-refractivity contribution in [2.75, 3.05) is 12.3 Å². The number of aromatic amines is 1. The Labute approximate surface area is 131 Å². The summed E-state index contributed by atoms with van der Waals surface area (Å²) in [7, 11) is 0. The van der Waals surface area contributed by atoms with Gasteiger partial charge in [-0.2, -0.15) is 0 Å². The highest BCUT2D eigenvalue weighted by Gasteiger charge is 2.21. The second-order valence-corrected chi connectivity index (χ2v) is 6.51. The van der Waals surface area contributed by atoms with Crippen molar-refractivity contribution in [2.24, 2.45) is 0 Å². The second-order valence-electron chi connectivity index (χ2n) is 5.59. The Morgan fingerprint density at radius 3 is 3.14 bits per heavy atom. The third-order valence-electron chi connectivity index (χ3n) is 4.12. The van der Waals surface area contributed by atoms with E-state index in [1.54, 1.807) is 11.3 Å². The molecule has 3 N–H and O–H groups in total. The van der Waals surface area contributed by atoms with Crippen LogP contribution >= 0.6 is 11.3 Å². The highest BCUT2D eigenvalue weighted by Crippen LogP contribution is 2.27. The molecule has 0 bridgehead atoms. The highest BCUT2D eigenvalue weighted by atomic mass is 32.1. The van der Waals surface area contributed by atoms with Crippen LogP contribution in [-0.2, 0) is 19.5 Å². The van der Waals surface area contributed by atoms with E-state index < -0.39 is 0 Å². The summed E-state index contributed by atoms with van der Waals surface area (Å²) in [6.07, 6.45) is 0.769. The van der Waals surface area contributed by atoms with Gasteiger partial charge in [-0.1, -0.05) is 18.2 Å². The summed E-state index contributed by atoms with van der Waals surface area (Å²) in [5, 5.41) is 3.52. The molecule has 0 saturated heterocycles. The summed E-state index contributed by atoms with van der Waals surface area (Å²) >= 11 is 1.77. The van der Waals surface area contributed by atoms with Gasteiger partial charge in [0.1, 0.15) is 0 Å². The Hall–Kier alpha value is -2.18. The molecule has 1 aliphatic heterocycles. The number of benzene rings is 1. The van der Waals surface area contributed by atoms with Crippen LogP contribution in [0.5, 0.6) is 0 Å². The number of nitrogens with zero attached hydrogens (tertiary/aromatic N) is 2. The molecule has 6 heteroatoms. The van der Waals surface area contributed by atoms with Gasteiger partial charge in [-0.15, -0.1) is 11.3 Å². The zero-order chi connectivity index (χ0) is 15.1. The number of hydrogen-bond donors (Lipinski definition) is 2. The second kappa shape index (κ2) is 5.23. The maximum absolute atomic E-state index is 12.0. The lowest BCUT2D eigenvalue weighted by Crippen LogP contribution is -2.35. The van der Waals surface area contributed by atoms with Crippen molar-refractivity contribution in [3.63, 3.8) is 0 Å². The molecule has 0 unspecified atom stereocenters. The smallest absolute Gasteiger partial charge is 0.257 e. The van der Waals surface area contributed by atoms with Gasteiger partial charge in [-0.05, 0) is 22.4 Å². The first kappa shape index (κ1) is 13.5. The molecule has 0 aliphatic carbocycles. The normalized spacial score (nSPS) is 15.1. The Balaban J connectivity index is 1.62. The number of nitrogens with one attached hydrogen (secondary N) is 1. The minimum absolute atomic E-state index is 0.109. The zero-order valence-electron chi connectivity index (χ0n) is 12.0. The molecule has 4 rings (SSSR count). The lowest BCUT2D eigenvalue weighted by molar-refractivity contribution is 0.243. The van der Waals surface area contributed by atoms with E-state index in [2.05, 4.69) is 44.5 Å². The number of hydrogen-bond acceptors (Lipinski definition) is 5. The van der Waals surface area contributed by atoms with Crippen LogP contribution in [0.25, 0.3) is 10.1 Å². The molecule has 0 spiro atoms. The Kier molecular flexibility index (Phi) is 3.20. The predicted molar refractivity (Wildman–Crippen MR) is 88.9 cm³/mol. The van der Waals surface area contributed by atoms with Crippen molar-refractivity contribution in [3.05, 3.63) is 56.8 Å². The third kappa shape index (κ3) is 2.30. The van der Waals surface area contributed by atoms with E-state index in [1.807, 2.05) is 0 Å². The van der Waals surface area contributed by atoms with Gasteiger partial charge in [0, 0.05) is 30.8 Å². The average molecular weight is 312 g/mol. The first-order valence-electron chi connectivity index (χ1n) is 7.26. The fraction of sp³-hybridized carbons (Fsp3) is 0.250. The lowest BCUT2D eigenvalue weighted by Gasteiger charge is -2.27. The Bertz CT molecular complexity index is 899. The number of rotatable bonds is 2. The quantitative estimate of drug-likeness (QED) is 0.760. The SMILES string of the molecule is Nc1nc2c(c(=O)[nH]1)CN(Cc1csc3ccccc13)CC2. The van der Waals surface area contributed by atoms with Gasteiger partial charge in [-0.3, -0.25) is 14.7 Å². The minimum atomic E-state index is -0.109. The van der Waals surface area contributed by atoms with Crippen LogP contribution in [0.15, 0.2) is 34.4 Å². The van der Waals surface area contributed by atoms with Crippen LogP contribution < -0.4 is 11.3 Å². The van der Waals surface area contributed by atoms with E-state index >= 15 is 0 Å². The molecule has 0 atom stereocenters. The molecule has 112 valence electrons. The molecule has 0 amide bonds. The molecule has 1 aromatic carbocycles. The largest absolute Gasteiger partial charge is 0.369 e. The molecule has 22 heavy (non-hydrogen) atoms. The van der Waals surface area contributed by atoms with E-state index in [0.717, 1.165) is 30.8 Å². The molecule has 3 aromatic rings. The maximum Gasteiger partial charge on any atom is 0.257 e. The summed E-state index contributed by atoms with van der Waals surface area (Å²) in [5.74, 6) is 0.209. The van der Waals surface area contributed by atoms with E-state index in [0.29, 0.717) is 6.54 Å². The van der Waals surface area contributed by atoms with Crippen molar-refractivity contribution < 1.29 is 0 Å². The maximum atomic E-state index is 12.0. The van der Waals surface area contributed by atoms with Crippen LogP contribution in [0.3, 0.4) is 0 Å². The average Bonchev–Trinajstić information content (AvgIpc) is 2.91. The Morgan fingerprint density at radius 2 is 2.23 bits per heavy atom. The van der Waals surface area contributed by atoms with E-state index in [-0.39, 0.29) is 11.5 Å². The first-order valence-corrected chi connectivity index (χ1v) is 8.13. The van der Waals surface area contributed by atoms with Crippen LogP contribution in [0.2, 0.25) is 0 Å². The molecule has 2 aromatic heterocycles. The topological polar surface area (TPSA) is 75.0 Å². The highest BCUT2D eigenvalue weighted by molar-refractivity contribution is 7.17. The predicted octanol–water partition coefficient (Wildman–Crippen LogP) is 2.13. The van der Waals surface area contributed by atoms with Crippen molar-refractivity contribution in [2.45, 2.75) is 19.5 Å². The number of anilines is 1. The summed E-state index contributed by atoms with van der Waals surface area (Å²) in [6.45, 7) is 2.38. The van der Waals surface area contributed by atoms with Gasteiger partial charge in [0.05, 0.1) is 11.3 Å². The van der Waals surface area contributed by atoms with E-state index in [1.165, 1.54) is 15.6 Å². The third-order valence-corrected chi connectivity index (χ3v) is 5.13. The summed E-state index contributed by atoms with van der Waals surface area (Å²) in [6, 6.07) is 8.44. The van der Waals surface area contributed by atoms with Crippen molar-refractivity contribution in [1.82, 2.24) is 14.9 Å². The van der Waals surface area contributed by atoms with Gasteiger partial charge < -0.3 is 5.73 Å². The van der Waals surface area contributed by atoms with Crippen molar-refractivity contribution >= 4 is 27.4 Å². The van der Waals surface area contributed by atoms with Gasteiger partial charge in [0.2, 0.25) is 5.95 Å². The van der Waals surface area contributed by atoms with E-state index in [4.69, 9.17) is 5.73 Å². The number of nitrogens with two attached hydrogens (primary N) is 1. The molecule has 3 heterocycles. The molecule has 0 saturated carbocycles. The number of H-pyrrole nitrogens is 1. The first-order chi connectivity index (χ1) is 10.7. The summed E-state index contributed by atoms with van der Waals surface area (Å²) < 4.78 is 1.31. The van der Waals surface area contributed by atoms with Gasteiger partial charge >= 0.3 is 0 Å². The molecule has 0 radical (unpaired) electrons. The van der Waals surface area contributed by atoms with Gasteiger partial charge in [-0.25, -0.2) is 4.98 Å². The molecule has 0 fully saturated rings. The number of thiophene rings is 1. The Morgan fingerprint density at radius 1 is 1.36 bits per heavy atom. The molecular weight excluding hydrogens is 296 g/mol. The summed E-state index contributed by atoms with van der Waals surface area (Å²) in [5.41, 5.74) is 8.41. The number of nitrogen functional groups attached to an aromatic ring is 1. The van der Waals surface area contributed by atoms with E-state index in [9.17, 15) is 4.79 Å².